The van der Waals surface area contributed by atoms with E-state index < -0.39 is 10.8 Å². The highest BCUT2D eigenvalue weighted by molar-refractivity contribution is 6.07. The molecule has 21 heavy (non-hydrogen) atoms. The predicted octanol–water partition coefficient (Wildman–Crippen LogP) is 2.99. The highest BCUT2D eigenvalue weighted by atomic mass is 16.6. The topological polar surface area (TPSA) is 98.3 Å². The van der Waals surface area contributed by atoms with Gasteiger partial charge in [0.2, 0.25) is 0 Å². The number of carbonyl (C=O) groups is 1. The monoisotopic (exact) mass is 285 g/mol. The predicted molar refractivity (Wildman–Crippen MR) is 81.3 cm³/mol. The lowest BCUT2D eigenvalue weighted by Gasteiger charge is -2.08. The van der Waals surface area contributed by atoms with Gasteiger partial charge in [-0.1, -0.05) is 19.1 Å². The van der Waals surface area contributed by atoms with Crippen LogP contribution in [0, 0.1) is 10.1 Å². The normalized spacial score (nSPS) is 10.1. The first-order valence-electron chi connectivity index (χ1n) is 6.45. The molecule has 2 aromatic carbocycles. The van der Waals surface area contributed by atoms with Gasteiger partial charge in [0.1, 0.15) is 5.56 Å². The summed E-state index contributed by atoms with van der Waals surface area (Å²) < 4.78 is 0. The van der Waals surface area contributed by atoms with E-state index in [9.17, 15) is 14.9 Å². The number of nitrogens with two attached hydrogens (primary N) is 1. The Balaban J connectivity index is 2.31. The lowest BCUT2D eigenvalue weighted by atomic mass is 10.1. The smallest absolute Gasteiger partial charge is 0.282 e. The van der Waals surface area contributed by atoms with Gasteiger partial charge in [0, 0.05) is 17.4 Å². The van der Waals surface area contributed by atoms with Crippen molar-refractivity contribution < 1.29 is 9.72 Å². The number of nitrogens with zero attached hydrogens (tertiary/aromatic N) is 1. The average Bonchev–Trinajstić information content (AvgIpc) is 2.47. The summed E-state index contributed by atoms with van der Waals surface area (Å²) in [5, 5.41) is 13.6. The number of nitrogen functional groups attached to an aromatic ring is 1. The van der Waals surface area contributed by atoms with Crippen molar-refractivity contribution in [2.75, 3.05) is 11.1 Å². The Hall–Kier alpha value is -2.89. The molecule has 0 aliphatic heterocycles. The molecule has 0 saturated carbocycles. The molecule has 0 aliphatic carbocycles. The van der Waals surface area contributed by atoms with E-state index in [0.29, 0.717) is 11.4 Å². The number of anilines is 2. The van der Waals surface area contributed by atoms with Crippen molar-refractivity contribution >= 4 is 23.0 Å². The minimum absolute atomic E-state index is 0.0538. The first-order valence-corrected chi connectivity index (χ1v) is 6.45. The molecule has 6 heteroatoms. The van der Waals surface area contributed by atoms with Gasteiger partial charge in [-0.2, -0.15) is 0 Å². The lowest BCUT2D eigenvalue weighted by molar-refractivity contribution is -0.385. The SMILES string of the molecule is CCc1cccc(NC(=O)c2cc(N)ccc2[N+](=O)[O-])c1. The van der Waals surface area contributed by atoms with Gasteiger partial charge in [-0.3, -0.25) is 14.9 Å². The molecule has 2 aromatic rings. The molecule has 108 valence electrons. The summed E-state index contributed by atoms with van der Waals surface area (Å²) in [6.07, 6.45) is 0.835. The molecule has 1 amide bonds. The zero-order valence-electron chi connectivity index (χ0n) is 11.5. The summed E-state index contributed by atoms with van der Waals surface area (Å²) in [6, 6.07) is 11.3. The second-order valence-electron chi connectivity index (χ2n) is 4.54. The number of nitro groups is 1. The maximum absolute atomic E-state index is 12.2. The van der Waals surface area contributed by atoms with Crippen LogP contribution in [0.25, 0.3) is 0 Å². The molecule has 0 bridgehead atoms. The maximum atomic E-state index is 12.2. The van der Waals surface area contributed by atoms with Gasteiger partial charge in [0.05, 0.1) is 4.92 Å². The number of carbonyl (C=O) groups excluding carboxylic acids is 1. The largest absolute Gasteiger partial charge is 0.399 e. The van der Waals surface area contributed by atoms with Crippen LogP contribution >= 0.6 is 0 Å². The molecule has 3 N–H and O–H groups in total. The second kappa shape index (κ2) is 6.04. The lowest BCUT2D eigenvalue weighted by Crippen LogP contribution is -2.14. The van der Waals surface area contributed by atoms with Crippen molar-refractivity contribution in [3.8, 4) is 0 Å². The van der Waals surface area contributed by atoms with Gasteiger partial charge >= 0.3 is 0 Å². The van der Waals surface area contributed by atoms with E-state index >= 15 is 0 Å². The van der Waals surface area contributed by atoms with Crippen molar-refractivity contribution in [2.24, 2.45) is 0 Å². The molecule has 0 spiro atoms. The number of rotatable bonds is 4. The molecule has 0 radical (unpaired) electrons. The first kappa shape index (κ1) is 14.5. The van der Waals surface area contributed by atoms with Crippen LogP contribution in [-0.4, -0.2) is 10.8 Å². The van der Waals surface area contributed by atoms with E-state index in [4.69, 9.17) is 5.73 Å². The third-order valence-electron chi connectivity index (χ3n) is 3.06. The van der Waals surface area contributed by atoms with Crippen LogP contribution in [0.4, 0.5) is 17.1 Å². The Morgan fingerprint density at radius 1 is 1.29 bits per heavy atom. The Morgan fingerprint density at radius 3 is 2.71 bits per heavy atom. The van der Waals surface area contributed by atoms with Gasteiger partial charge < -0.3 is 11.1 Å². The Bertz CT molecular complexity index is 698. The number of benzene rings is 2. The summed E-state index contributed by atoms with van der Waals surface area (Å²) in [5.41, 5.74) is 7.24. The number of amides is 1. The fourth-order valence-corrected chi connectivity index (χ4v) is 1.96. The van der Waals surface area contributed by atoms with Crippen LogP contribution in [0.15, 0.2) is 42.5 Å². The summed E-state index contributed by atoms with van der Waals surface area (Å²) in [7, 11) is 0. The number of hydrogen-bond donors (Lipinski definition) is 2. The minimum Gasteiger partial charge on any atom is -0.399 e. The molecule has 6 nitrogen and oxygen atoms in total. The molecular weight excluding hydrogens is 270 g/mol. The third kappa shape index (κ3) is 3.36. The second-order valence-corrected chi connectivity index (χ2v) is 4.54. The summed E-state index contributed by atoms with van der Waals surface area (Å²) in [4.78, 5) is 22.6. The summed E-state index contributed by atoms with van der Waals surface area (Å²) in [6.45, 7) is 2.00. The average molecular weight is 285 g/mol. The minimum atomic E-state index is -0.600. The van der Waals surface area contributed by atoms with Crippen molar-refractivity contribution in [3.05, 3.63) is 63.7 Å². The van der Waals surface area contributed by atoms with Gasteiger partial charge in [-0.25, -0.2) is 0 Å². The molecule has 0 aromatic heterocycles. The van der Waals surface area contributed by atoms with Crippen LogP contribution in [-0.2, 0) is 6.42 Å². The number of hydrogen-bond acceptors (Lipinski definition) is 4. The molecule has 0 saturated heterocycles. The first-order chi connectivity index (χ1) is 10.0. The summed E-state index contributed by atoms with van der Waals surface area (Å²) >= 11 is 0. The molecule has 2 rings (SSSR count). The van der Waals surface area contributed by atoms with E-state index in [1.54, 1.807) is 6.07 Å². The van der Waals surface area contributed by atoms with Gasteiger partial charge in [0.15, 0.2) is 0 Å². The highest BCUT2D eigenvalue weighted by Gasteiger charge is 2.20. The van der Waals surface area contributed by atoms with Crippen LogP contribution in [0.3, 0.4) is 0 Å². The molecule has 0 unspecified atom stereocenters. The number of aryl methyl sites for hydroxylation is 1. The van der Waals surface area contributed by atoms with Gasteiger partial charge in [0.25, 0.3) is 11.6 Å². The van der Waals surface area contributed by atoms with Crippen LogP contribution in [0.1, 0.15) is 22.8 Å². The van der Waals surface area contributed by atoms with Gasteiger partial charge in [-0.15, -0.1) is 0 Å². The highest BCUT2D eigenvalue weighted by Crippen LogP contribution is 2.22. The van der Waals surface area contributed by atoms with E-state index in [1.807, 2.05) is 25.1 Å². The molecule has 0 atom stereocenters. The Kier molecular flexibility index (Phi) is 4.18. The van der Waals surface area contributed by atoms with E-state index in [0.717, 1.165) is 12.0 Å². The van der Waals surface area contributed by atoms with E-state index in [2.05, 4.69) is 5.32 Å². The Labute approximate surface area is 121 Å². The van der Waals surface area contributed by atoms with Crippen molar-refractivity contribution in [1.29, 1.82) is 0 Å². The van der Waals surface area contributed by atoms with Gasteiger partial charge in [-0.05, 0) is 36.2 Å². The van der Waals surface area contributed by atoms with Crippen LogP contribution in [0.5, 0.6) is 0 Å². The molecule has 0 heterocycles. The standard InChI is InChI=1S/C15H15N3O3/c1-2-10-4-3-5-12(8-10)17-15(19)13-9-11(16)6-7-14(13)18(20)21/h3-9H,2,16H2,1H3,(H,17,19). The molecule has 0 aliphatic rings. The third-order valence-corrected chi connectivity index (χ3v) is 3.06. The Morgan fingerprint density at radius 2 is 2.05 bits per heavy atom. The number of nitro benzene ring substituents is 1. The van der Waals surface area contributed by atoms with E-state index in [1.165, 1.54) is 18.2 Å². The quantitative estimate of drug-likeness (QED) is 0.512. The fraction of sp³-hybridized carbons (Fsp3) is 0.133. The zero-order chi connectivity index (χ0) is 15.4. The van der Waals surface area contributed by atoms with Crippen LogP contribution in [0.2, 0.25) is 0 Å². The zero-order valence-corrected chi connectivity index (χ0v) is 11.5. The van der Waals surface area contributed by atoms with E-state index in [-0.39, 0.29) is 11.3 Å². The summed E-state index contributed by atoms with van der Waals surface area (Å²) in [5.74, 6) is -0.553. The fourth-order valence-electron chi connectivity index (χ4n) is 1.96. The number of nitrogens with one attached hydrogen (secondary N) is 1. The van der Waals surface area contributed by atoms with Crippen LogP contribution < -0.4 is 11.1 Å². The van der Waals surface area contributed by atoms with Crippen molar-refractivity contribution in [2.45, 2.75) is 13.3 Å². The maximum Gasteiger partial charge on any atom is 0.282 e. The molecular formula is C15H15N3O3. The van der Waals surface area contributed by atoms with Crippen molar-refractivity contribution in [1.82, 2.24) is 0 Å². The van der Waals surface area contributed by atoms with Crippen molar-refractivity contribution in [3.63, 3.8) is 0 Å². The molecule has 0 fully saturated rings.